The Morgan fingerprint density at radius 2 is 1.75 bits per heavy atom. The van der Waals surface area contributed by atoms with Gasteiger partial charge in [0.1, 0.15) is 0 Å². The Labute approximate surface area is 99.8 Å². The monoisotopic (exact) mass is 223 g/mol. The Morgan fingerprint density at radius 3 is 2.25 bits per heavy atom. The van der Waals surface area contributed by atoms with Crippen molar-refractivity contribution in [2.45, 2.75) is 33.1 Å². The first-order valence-electron chi connectivity index (χ1n) is 6.19. The second-order valence-corrected chi connectivity index (χ2v) is 3.42. The molecule has 0 unspecified atom stereocenters. The Bertz CT molecular complexity index is 241. The van der Waals surface area contributed by atoms with Crippen LogP contribution in [-0.2, 0) is 0 Å². The van der Waals surface area contributed by atoms with E-state index in [0.29, 0.717) is 0 Å². The highest BCUT2D eigenvalue weighted by atomic mass is 16.2. The molecule has 1 fully saturated rings. The van der Waals surface area contributed by atoms with E-state index in [0.717, 1.165) is 32.4 Å². The van der Waals surface area contributed by atoms with E-state index in [1.54, 1.807) is 0 Å². The number of nitrogens with one attached hydrogen (secondary N) is 1. The number of rotatable bonds is 3. The van der Waals surface area contributed by atoms with Gasteiger partial charge >= 0.3 is 0 Å². The number of hydrogen-bond donors (Lipinski definition) is 2. The highest BCUT2D eigenvalue weighted by molar-refractivity contribution is 5.32. The van der Waals surface area contributed by atoms with Crippen LogP contribution in [0.5, 0.6) is 0 Å². The summed E-state index contributed by atoms with van der Waals surface area (Å²) in [6, 6.07) is 0. The van der Waals surface area contributed by atoms with Gasteiger partial charge in [0.2, 0.25) is 0 Å². The summed E-state index contributed by atoms with van der Waals surface area (Å²) in [5.74, 6) is 0. The van der Waals surface area contributed by atoms with Gasteiger partial charge in [0.15, 0.2) is 0 Å². The Morgan fingerprint density at radius 1 is 1.19 bits per heavy atom. The molecule has 0 aromatic heterocycles. The standard InChI is InChI=1S/C12H19NO.C2H6/c1-2-3-4-11-5-8-13-9-6-12(11)7-10-14;1-2/h2,4,7,13-14H,1,3,5-6,8-10H2;1-2H3/b11-4-,12-7-;. The van der Waals surface area contributed by atoms with Gasteiger partial charge in [-0.05, 0) is 43.5 Å². The third kappa shape index (κ3) is 5.89. The first kappa shape index (κ1) is 15.1. The third-order valence-electron chi connectivity index (χ3n) is 2.42. The van der Waals surface area contributed by atoms with Crippen molar-refractivity contribution in [1.82, 2.24) is 5.32 Å². The second kappa shape index (κ2) is 10.7. The molecule has 0 atom stereocenters. The lowest BCUT2D eigenvalue weighted by atomic mass is 10.00. The Hall–Kier alpha value is -0.860. The molecule has 0 aliphatic carbocycles. The molecule has 1 saturated heterocycles. The molecule has 2 heteroatoms. The van der Waals surface area contributed by atoms with E-state index in [1.165, 1.54) is 11.1 Å². The fraction of sp³-hybridized carbons (Fsp3) is 0.571. The van der Waals surface area contributed by atoms with E-state index in [4.69, 9.17) is 5.11 Å². The lowest BCUT2D eigenvalue weighted by Gasteiger charge is -2.06. The average molecular weight is 223 g/mol. The summed E-state index contributed by atoms with van der Waals surface area (Å²) in [4.78, 5) is 0. The zero-order chi connectivity index (χ0) is 12.2. The van der Waals surface area contributed by atoms with Crippen LogP contribution in [0.1, 0.15) is 33.1 Å². The maximum Gasteiger partial charge on any atom is 0.0618 e. The molecule has 0 saturated carbocycles. The summed E-state index contributed by atoms with van der Waals surface area (Å²) in [7, 11) is 0. The van der Waals surface area contributed by atoms with Gasteiger partial charge in [0.25, 0.3) is 0 Å². The van der Waals surface area contributed by atoms with Crippen LogP contribution in [0.4, 0.5) is 0 Å². The average Bonchev–Trinajstić information content (AvgIpc) is 2.55. The van der Waals surface area contributed by atoms with E-state index in [-0.39, 0.29) is 6.61 Å². The van der Waals surface area contributed by atoms with Crippen LogP contribution in [0.3, 0.4) is 0 Å². The van der Waals surface area contributed by atoms with Crippen LogP contribution in [0.2, 0.25) is 0 Å². The topological polar surface area (TPSA) is 32.3 Å². The van der Waals surface area contributed by atoms with Crippen molar-refractivity contribution in [2.24, 2.45) is 0 Å². The molecule has 0 radical (unpaired) electrons. The zero-order valence-electron chi connectivity index (χ0n) is 10.6. The van der Waals surface area contributed by atoms with Gasteiger partial charge in [-0.2, -0.15) is 0 Å². The van der Waals surface area contributed by atoms with Gasteiger partial charge in [-0.15, -0.1) is 6.58 Å². The lowest BCUT2D eigenvalue weighted by Crippen LogP contribution is -2.13. The number of aliphatic hydroxyl groups excluding tert-OH is 1. The van der Waals surface area contributed by atoms with E-state index >= 15 is 0 Å². The molecular formula is C14H25NO. The summed E-state index contributed by atoms with van der Waals surface area (Å²) >= 11 is 0. The maximum absolute atomic E-state index is 8.91. The van der Waals surface area contributed by atoms with Crippen molar-refractivity contribution in [2.75, 3.05) is 19.7 Å². The zero-order valence-corrected chi connectivity index (χ0v) is 10.6. The molecule has 0 bridgehead atoms. The fourth-order valence-electron chi connectivity index (χ4n) is 1.69. The van der Waals surface area contributed by atoms with Crippen molar-refractivity contribution in [1.29, 1.82) is 0 Å². The van der Waals surface area contributed by atoms with Crippen molar-refractivity contribution < 1.29 is 5.11 Å². The van der Waals surface area contributed by atoms with Crippen molar-refractivity contribution >= 4 is 0 Å². The minimum atomic E-state index is 0.140. The maximum atomic E-state index is 8.91. The summed E-state index contributed by atoms with van der Waals surface area (Å²) in [6.45, 7) is 9.89. The molecule has 2 nitrogen and oxygen atoms in total. The van der Waals surface area contributed by atoms with E-state index < -0.39 is 0 Å². The predicted octanol–water partition coefficient (Wildman–Crippen LogP) is 2.82. The first-order chi connectivity index (χ1) is 7.88. The summed E-state index contributed by atoms with van der Waals surface area (Å²) in [5.41, 5.74) is 2.66. The minimum Gasteiger partial charge on any atom is -0.392 e. The third-order valence-corrected chi connectivity index (χ3v) is 2.42. The molecule has 2 N–H and O–H groups in total. The summed E-state index contributed by atoms with van der Waals surface area (Å²) in [5, 5.41) is 12.3. The highest BCUT2D eigenvalue weighted by Crippen LogP contribution is 2.20. The molecule has 1 aliphatic heterocycles. The number of aliphatic hydroxyl groups is 1. The lowest BCUT2D eigenvalue weighted by molar-refractivity contribution is 0.341. The smallest absolute Gasteiger partial charge is 0.0618 e. The molecule has 0 aromatic carbocycles. The number of allylic oxidation sites excluding steroid dienone is 2. The molecule has 1 aliphatic rings. The predicted molar refractivity (Wildman–Crippen MR) is 71.5 cm³/mol. The molecule has 0 amide bonds. The van der Waals surface area contributed by atoms with Gasteiger partial charge in [0, 0.05) is 0 Å². The van der Waals surface area contributed by atoms with Crippen molar-refractivity contribution in [3.05, 3.63) is 36.0 Å². The van der Waals surface area contributed by atoms with Gasteiger partial charge < -0.3 is 10.4 Å². The van der Waals surface area contributed by atoms with Gasteiger partial charge in [-0.1, -0.05) is 32.1 Å². The molecule has 0 spiro atoms. The van der Waals surface area contributed by atoms with Crippen LogP contribution in [0, 0.1) is 0 Å². The molecule has 92 valence electrons. The summed E-state index contributed by atoms with van der Waals surface area (Å²) < 4.78 is 0. The normalized spacial score (nSPS) is 21.2. The fourth-order valence-corrected chi connectivity index (χ4v) is 1.69. The van der Waals surface area contributed by atoms with E-state index in [9.17, 15) is 0 Å². The van der Waals surface area contributed by atoms with Crippen LogP contribution < -0.4 is 5.32 Å². The summed E-state index contributed by atoms with van der Waals surface area (Å²) in [6.07, 6.45) is 9.02. The number of hydrogen-bond acceptors (Lipinski definition) is 2. The SMILES string of the molecule is C=CC/C=C1/CCNCC/C1=C/CO.CC. The molecule has 1 rings (SSSR count). The van der Waals surface area contributed by atoms with Gasteiger partial charge in [-0.25, -0.2) is 0 Å². The van der Waals surface area contributed by atoms with Crippen molar-refractivity contribution in [3.63, 3.8) is 0 Å². The molecule has 0 aromatic rings. The van der Waals surface area contributed by atoms with Crippen LogP contribution in [0.25, 0.3) is 0 Å². The minimum absolute atomic E-state index is 0.140. The Kier molecular flexibility index (Phi) is 10.1. The molecule has 1 heterocycles. The molecule has 16 heavy (non-hydrogen) atoms. The van der Waals surface area contributed by atoms with Crippen LogP contribution in [-0.4, -0.2) is 24.8 Å². The second-order valence-electron chi connectivity index (χ2n) is 3.42. The quantitative estimate of drug-likeness (QED) is 0.721. The highest BCUT2D eigenvalue weighted by Gasteiger charge is 2.08. The molecular weight excluding hydrogens is 198 g/mol. The van der Waals surface area contributed by atoms with Crippen molar-refractivity contribution in [3.8, 4) is 0 Å². The first-order valence-corrected chi connectivity index (χ1v) is 6.19. The van der Waals surface area contributed by atoms with Crippen LogP contribution in [0.15, 0.2) is 36.0 Å². The van der Waals surface area contributed by atoms with E-state index in [2.05, 4.69) is 18.0 Å². The van der Waals surface area contributed by atoms with Gasteiger partial charge in [0.05, 0.1) is 6.61 Å². The Balaban J connectivity index is 0.00000106. The largest absolute Gasteiger partial charge is 0.392 e. The van der Waals surface area contributed by atoms with Crippen LogP contribution >= 0.6 is 0 Å². The van der Waals surface area contributed by atoms with E-state index in [1.807, 2.05) is 26.0 Å². The van der Waals surface area contributed by atoms with Gasteiger partial charge in [-0.3, -0.25) is 0 Å².